The van der Waals surface area contributed by atoms with E-state index in [1.54, 1.807) is 12.1 Å². The molecule has 5 heteroatoms. The maximum atomic E-state index is 11.2. The monoisotopic (exact) mass is 282 g/mol. The third-order valence-corrected chi connectivity index (χ3v) is 3.76. The molecule has 0 saturated heterocycles. The molecule has 0 amide bonds. The fraction of sp³-hybridized carbons (Fsp3) is 0.0769. The quantitative estimate of drug-likeness (QED) is 0.806. The average molecular weight is 283 g/mol. The van der Waals surface area contributed by atoms with Gasteiger partial charge in [0.15, 0.2) is 0 Å². The van der Waals surface area contributed by atoms with Crippen LogP contribution in [0.25, 0.3) is 0 Å². The molecule has 0 spiro atoms. The molecule has 0 unspecified atom stereocenters. The van der Waals surface area contributed by atoms with Crippen molar-refractivity contribution < 1.29 is 13.2 Å². The van der Waals surface area contributed by atoms with Crippen LogP contribution < -0.4 is 4.74 Å². The molecule has 2 rings (SSSR count). The summed E-state index contributed by atoms with van der Waals surface area (Å²) in [7, 11) is 1.55. The van der Waals surface area contributed by atoms with Gasteiger partial charge in [0, 0.05) is 16.7 Å². The van der Waals surface area contributed by atoms with Crippen molar-refractivity contribution >= 4 is 19.7 Å². The van der Waals surface area contributed by atoms with Gasteiger partial charge in [-0.3, -0.25) is 0 Å². The third kappa shape index (κ3) is 3.03. The lowest BCUT2D eigenvalue weighted by atomic mass is 10.2. The number of benzene rings is 2. The van der Waals surface area contributed by atoms with Gasteiger partial charge in [-0.25, -0.2) is 8.42 Å². The molecule has 0 N–H and O–H groups in total. The molecule has 94 valence electrons. The highest BCUT2D eigenvalue weighted by Gasteiger charge is 2.11. The van der Waals surface area contributed by atoms with Crippen LogP contribution in [-0.4, -0.2) is 8.42 Å². The minimum absolute atomic E-state index is 0.0234. The Kier molecular flexibility index (Phi) is 3.59. The van der Waals surface area contributed by atoms with Crippen molar-refractivity contribution in [3.8, 4) is 11.5 Å². The second kappa shape index (κ2) is 5.00. The maximum absolute atomic E-state index is 11.2. The highest BCUT2D eigenvalue weighted by atomic mass is 35.7. The van der Waals surface area contributed by atoms with E-state index in [1.165, 1.54) is 12.1 Å². The smallest absolute Gasteiger partial charge is 0.261 e. The lowest BCUT2D eigenvalue weighted by Crippen LogP contribution is -1.92. The fourth-order valence-corrected chi connectivity index (χ4v) is 2.27. The lowest BCUT2D eigenvalue weighted by molar-refractivity contribution is 0.477. The highest BCUT2D eigenvalue weighted by molar-refractivity contribution is 8.13. The van der Waals surface area contributed by atoms with E-state index >= 15 is 0 Å². The average Bonchev–Trinajstić information content (AvgIpc) is 2.31. The Balaban J connectivity index is 2.34. The Labute approximate surface area is 110 Å². The second-order valence-corrected chi connectivity index (χ2v) is 6.35. The van der Waals surface area contributed by atoms with Gasteiger partial charge in [-0.1, -0.05) is 24.3 Å². The molecule has 0 fully saturated rings. The van der Waals surface area contributed by atoms with Crippen molar-refractivity contribution in [1.29, 1.82) is 0 Å². The molecule has 2 aromatic carbocycles. The summed E-state index contributed by atoms with van der Waals surface area (Å²) in [6.45, 7) is 1.91. The standard InChI is InChI=1S/C13H11ClO3S/c1-10-5-2-3-8-13(10)17-11-6-4-7-12(9-11)18(14,15)16/h2-9H,1H3. The molecule has 0 bridgehead atoms. The van der Waals surface area contributed by atoms with Crippen LogP contribution in [0.4, 0.5) is 0 Å². The van der Waals surface area contributed by atoms with Gasteiger partial charge in [0.05, 0.1) is 4.90 Å². The number of hydrogen-bond donors (Lipinski definition) is 0. The van der Waals surface area contributed by atoms with E-state index in [-0.39, 0.29) is 4.90 Å². The van der Waals surface area contributed by atoms with E-state index in [1.807, 2.05) is 31.2 Å². The zero-order valence-corrected chi connectivity index (χ0v) is 11.2. The molecular weight excluding hydrogens is 272 g/mol. The number of rotatable bonds is 3. The largest absolute Gasteiger partial charge is 0.457 e. The van der Waals surface area contributed by atoms with Crippen LogP contribution in [0.15, 0.2) is 53.4 Å². The number of ether oxygens (including phenoxy) is 1. The molecule has 18 heavy (non-hydrogen) atoms. The van der Waals surface area contributed by atoms with Crippen molar-refractivity contribution in [2.75, 3.05) is 0 Å². The van der Waals surface area contributed by atoms with Crippen LogP contribution in [0.5, 0.6) is 11.5 Å². The van der Waals surface area contributed by atoms with E-state index in [0.717, 1.165) is 5.56 Å². The van der Waals surface area contributed by atoms with E-state index in [2.05, 4.69) is 0 Å². The summed E-state index contributed by atoms with van der Waals surface area (Å²) in [4.78, 5) is 0.0234. The zero-order chi connectivity index (χ0) is 13.2. The summed E-state index contributed by atoms with van der Waals surface area (Å²) in [5.41, 5.74) is 0.969. The van der Waals surface area contributed by atoms with Gasteiger partial charge in [-0.2, -0.15) is 0 Å². The molecule has 0 aliphatic heterocycles. The Morgan fingerprint density at radius 3 is 2.44 bits per heavy atom. The highest BCUT2D eigenvalue weighted by Crippen LogP contribution is 2.27. The molecule has 0 aromatic heterocycles. The summed E-state index contributed by atoms with van der Waals surface area (Å²) in [6, 6.07) is 13.6. The number of halogens is 1. The number of hydrogen-bond acceptors (Lipinski definition) is 3. The third-order valence-electron chi connectivity index (χ3n) is 2.41. The topological polar surface area (TPSA) is 43.4 Å². The van der Waals surface area contributed by atoms with Crippen LogP contribution in [0.2, 0.25) is 0 Å². The van der Waals surface area contributed by atoms with E-state index in [9.17, 15) is 8.42 Å². The van der Waals surface area contributed by atoms with Gasteiger partial charge in [-0.05, 0) is 30.7 Å². The lowest BCUT2D eigenvalue weighted by Gasteiger charge is -2.08. The van der Waals surface area contributed by atoms with E-state index in [4.69, 9.17) is 15.4 Å². The van der Waals surface area contributed by atoms with Gasteiger partial charge < -0.3 is 4.74 Å². The summed E-state index contributed by atoms with van der Waals surface area (Å²) in [6.07, 6.45) is 0. The summed E-state index contributed by atoms with van der Waals surface area (Å²) < 4.78 is 28.1. The van der Waals surface area contributed by atoms with Crippen molar-refractivity contribution in [3.63, 3.8) is 0 Å². The first-order valence-electron chi connectivity index (χ1n) is 5.25. The van der Waals surface area contributed by atoms with Gasteiger partial charge >= 0.3 is 0 Å². The first kappa shape index (κ1) is 12.9. The molecule has 0 radical (unpaired) electrons. The van der Waals surface area contributed by atoms with Crippen LogP contribution in [0.1, 0.15) is 5.56 Å². The van der Waals surface area contributed by atoms with Gasteiger partial charge in [0.2, 0.25) is 0 Å². The van der Waals surface area contributed by atoms with Crippen molar-refractivity contribution in [3.05, 3.63) is 54.1 Å². The Morgan fingerprint density at radius 1 is 1.06 bits per heavy atom. The molecule has 0 saturated carbocycles. The first-order chi connectivity index (χ1) is 8.47. The minimum Gasteiger partial charge on any atom is -0.457 e. The molecule has 0 aliphatic carbocycles. The SMILES string of the molecule is Cc1ccccc1Oc1cccc(S(=O)(=O)Cl)c1. The predicted octanol–water partition coefficient (Wildman–Crippen LogP) is 3.71. The molecule has 0 aliphatic rings. The van der Waals surface area contributed by atoms with Crippen molar-refractivity contribution in [2.24, 2.45) is 0 Å². The number of aryl methyl sites for hydroxylation is 1. The maximum Gasteiger partial charge on any atom is 0.261 e. The van der Waals surface area contributed by atoms with E-state index < -0.39 is 9.05 Å². The first-order valence-corrected chi connectivity index (χ1v) is 7.56. The van der Waals surface area contributed by atoms with E-state index in [0.29, 0.717) is 11.5 Å². The predicted molar refractivity (Wildman–Crippen MR) is 70.7 cm³/mol. The Bertz CT molecular complexity index is 665. The second-order valence-electron chi connectivity index (χ2n) is 3.78. The molecule has 0 heterocycles. The van der Waals surface area contributed by atoms with Gasteiger partial charge in [0.25, 0.3) is 9.05 Å². The molecular formula is C13H11ClO3S. The van der Waals surface area contributed by atoms with Crippen LogP contribution >= 0.6 is 10.7 Å². The van der Waals surface area contributed by atoms with Crippen LogP contribution in [0, 0.1) is 6.92 Å². The molecule has 3 nitrogen and oxygen atoms in total. The summed E-state index contributed by atoms with van der Waals surface area (Å²) >= 11 is 0. The number of para-hydroxylation sites is 1. The van der Waals surface area contributed by atoms with Crippen molar-refractivity contribution in [1.82, 2.24) is 0 Å². The normalized spacial score (nSPS) is 11.2. The Morgan fingerprint density at radius 2 is 1.78 bits per heavy atom. The fourth-order valence-electron chi connectivity index (χ4n) is 1.49. The molecule has 0 atom stereocenters. The molecule has 2 aromatic rings. The van der Waals surface area contributed by atoms with Gasteiger partial charge in [0.1, 0.15) is 11.5 Å². The van der Waals surface area contributed by atoms with Gasteiger partial charge in [-0.15, -0.1) is 0 Å². The summed E-state index contributed by atoms with van der Waals surface area (Å²) in [5.74, 6) is 1.12. The van der Waals surface area contributed by atoms with Crippen molar-refractivity contribution in [2.45, 2.75) is 11.8 Å². The van der Waals surface area contributed by atoms with Crippen LogP contribution in [-0.2, 0) is 9.05 Å². The Hall–Kier alpha value is -1.52. The minimum atomic E-state index is -3.74. The van der Waals surface area contributed by atoms with Crippen LogP contribution in [0.3, 0.4) is 0 Å². The summed E-state index contributed by atoms with van der Waals surface area (Å²) in [5, 5.41) is 0. The zero-order valence-electron chi connectivity index (χ0n) is 9.63.